The Morgan fingerprint density at radius 2 is 1.81 bits per heavy atom. The third kappa shape index (κ3) is 4.44. The van der Waals surface area contributed by atoms with E-state index >= 15 is 0 Å². The first kappa shape index (κ1) is 18.9. The maximum Gasteiger partial charge on any atom is 0.241 e. The number of carbonyl (C=O) groups excluding carboxylic acids is 1. The van der Waals surface area contributed by atoms with E-state index in [2.05, 4.69) is 10.0 Å². The summed E-state index contributed by atoms with van der Waals surface area (Å²) in [6.45, 7) is 1.49. The van der Waals surface area contributed by atoms with Crippen molar-refractivity contribution in [1.29, 1.82) is 0 Å². The number of amides is 1. The highest BCUT2D eigenvalue weighted by Gasteiger charge is 2.19. The molecule has 0 atom stereocenters. The van der Waals surface area contributed by atoms with Gasteiger partial charge in [0, 0.05) is 10.7 Å². The quantitative estimate of drug-likeness (QED) is 0.818. The Morgan fingerprint density at radius 1 is 1.08 bits per heavy atom. The summed E-state index contributed by atoms with van der Waals surface area (Å²) in [5, 5.41) is 3.18. The Bertz CT molecular complexity index is 942. The molecule has 2 aromatic rings. The van der Waals surface area contributed by atoms with E-state index in [1.54, 1.807) is 30.3 Å². The SMILES string of the molecule is Cc1ccc(Cl)cc1NC(=O)CNS(=O)(=O)c1ccc2c(c1)CCCC2. The van der Waals surface area contributed by atoms with E-state index < -0.39 is 15.9 Å². The molecule has 0 aromatic heterocycles. The molecule has 1 aliphatic carbocycles. The van der Waals surface area contributed by atoms with Crippen molar-refractivity contribution in [1.82, 2.24) is 4.72 Å². The van der Waals surface area contributed by atoms with Crippen molar-refractivity contribution in [2.45, 2.75) is 37.5 Å². The Kier molecular flexibility index (Phi) is 5.65. The van der Waals surface area contributed by atoms with Crippen LogP contribution in [0.15, 0.2) is 41.3 Å². The van der Waals surface area contributed by atoms with Crippen LogP contribution in [0, 0.1) is 6.92 Å². The van der Waals surface area contributed by atoms with Gasteiger partial charge in [-0.25, -0.2) is 13.1 Å². The smallest absolute Gasteiger partial charge is 0.241 e. The zero-order valence-electron chi connectivity index (χ0n) is 14.5. The minimum atomic E-state index is -3.74. The second-order valence-corrected chi connectivity index (χ2v) is 8.67. The van der Waals surface area contributed by atoms with Crippen molar-refractivity contribution < 1.29 is 13.2 Å². The molecule has 0 fully saturated rings. The first-order chi connectivity index (χ1) is 12.3. The van der Waals surface area contributed by atoms with Crippen molar-refractivity contribution in [2.24, 2.45) is 0 Å². The van der Waals surface area contributed by atoms with Crippen molar-refractivity contribution in [2.75, 3.05) is 11.9 Å². The van der Waals surface area contributed by atoms with Gasteiger partial charge in [0.25, 0.3) is 0 Å². The summed E-state index contributed by atoms with van der Waals surface area (Å²) < 4.78 is 27.3. The van der Waals surface area contributed by atoms with E-state index in [1.807, 2.05) is 13.0 Å². The first-order valence-corrected chi connectivity index (χ1v) is 10.4. The topological polar surface area (TPSA) is 75.3 Å². The number of sulfonamides is 1. The van der Waals surface area contributed by atoms with E-state index in [0.29, 0.717) is 10.7 Å². The molecule has 0 unspecified atom stereocenters. The van der Waals surface area contributed by atoms with E-state index in [0.717, 1.165) is 36.8 Å². The third-order valence-corrected chi connectivity index (χ3v) is 6.16. The molecule has 138 valence electrons. The van der Waals surface area contributed by atoms with E-state index in [9.17, 15) is 13.2 Å². The molecule has 0 radical (unpaired) electrons. The molecular weight excluding hydrogens is 372 g/mol. The van der Waals surface area contributed by atoms with Crippen LogP contribution in [0.1, 0.15) is 29.5 Å². The molecule has 2 aromatic carbocycles. The molecule has 1 aliphatic rings. The van der Waals surface area contributed by atoms with Gasteiger partial charge in [-0.15, -0.1) is 0 Å². The predicted molar refractivity (Wildman–Crippen MR) is 103 cm³/mol. The van der Waals surface area contributed by atoms with Crippen LogP contribution in [0.25, 0.3) is 0 Å². The Balaban J connectivity index is 1.66. The molecule has 26 heavy (non-hydrogen) atoms. The van der Waals surface area contributed by atoms with Crippen molar-refractivity contribution >= 4 is 33.2 Å². The monoisotopic (exact) mass is 392 g/mol. The number of halogens is 1. The Morgan fingerprint density at radius 3 is 2.58 bits per heavy atom. The molecule has 0 saturated carbocycles. The summed E-state index contributed by atoms with van der Waals surface area (Å²) in [7, 11) is -3.74. The molecule has 0 spiro atoms. The zero-order valence-corrected chi connectivity index (χ0v) is 16.1. The summed E-state index contributed by atoms with van der Waals surface area (Å²) in [5.74, 6) is -0.447. The lowest BCUT2D eigenvalue weighted by atomic mass is 9.92. The van der Waals surface area contributed by atoms with E-state index in [1.165, 1.54) is 5.56 Å². The number of nitrogens with one attached hydrogen (secondary N) is 2. The van der Waals surface area contributed by atoms with Crippen LogP contribution in [0.3, 0.4) is 0 Å². The fraction of sp³-hybridized carbons (Fsp3) is 0.316. The van der Waals surface area contributed by atoms with Gasteiger partial charge in [-0.2, -0.15) is 0 Å². The van der Waals surface area contributed by atoms with Gasteiger partial charge < -0.3 is 5.32 Å². The van der Waals surface area contributed by atoms with E-state index in [4.69, 9.17) is 11.6 Å². The van der Waals surface area contributed by atoms with Crippen LogP contribution in [-0.2, 0) is 27.7 Å². The number of benzene rings is 2. The van der Waals surface area contributed by atoms with Crippen LogP contribution >= 0.6 is 11.6 Å². The summed E-state index contributed by atoms with van der Waals surface area (Å²) >= 11 is 5.93. The summed E-state index contributed by atoms with van der Waals surface area (Å²) in [4.78, 5) is 12.3. The van der Waals surface area contributed by atoms with Crippen LogP contribution < -0.4 is 10.0 Å². The lowest BCUT2D eigenvalue weighted by Gasteiger charge is -2.16. The number of aryl methyl sites for hydroxylation is 3. The Labute approximate surface area is 158 Å². The molecule has 0 saturated heterocycles. The number of hydrogen-bond donors (Lipinski definition) is 2. The zero-order chi connectivity index (χ0) is 18.7. The fourth-order valence-electron chi connectivity index (χ4n) is 3.04. The minimum absolute atomic E-state index is 0.199. The average Bonchev–Trinajstić information content (AvgIpc) is 2.63. The standard InChI is InChI=1S/C19H21ClN2O3S/c1-13-6-8-16(20)11-18(13)22-19(23)12-21-26(24,25)17-9-7-14-4-2-3-5-15(14)10-17/h6-11,21H,2-5,12H2,1H3,(H,22,23). The molecule has 2 N–H and O–H groups in total. The second-order valence-electron chi connectivity index (χ2n) is 6.47. The van der Waals surface area contributed by atoms with Crippen molar-refractivity contribution in [3.8, 4) is 0 Å². The van der Waals surface area contributed by atoms with Gasteiger partial charge >= 0.3 is 0 Å². The van der Waals surface area contributed by atoms with E-state index in [-0.39, 0.29) is 11.4 Å². The summed E-state index contributed by atoms with van der Waals surface area (Å²) in [5.41, 5.74) is 3.71. The van der Waals surface area contributed by atoms with Crippen LogP contribution in [-0.4, -0.2) is 20.9 Å². The van der Waals surface area contributed by atoms with Gasteiger partial charge in [0.2, 0.25) is 15.9 Å². The van der Waals surface area contributed by atoms with Crippen molar-refractivity contribution in [3.63, 3.8) is 0 Å². The normalized spacial score (nSPS) is 13.9. The number of hydrogen-bond acceptors (Lipinski definition) is 3. The lowest BCUT2D eigenvalue weighted by molar-refractivity contribution is -0.115. The van der Waals surface area contributed by atoms with Gasteiger partial charge in [-0.3, -0.25) is 4.79 Å². The molecule has 0 bridgehead atoms. The van der Waals surface area contributed by atoms with Gasteiger partial charge in [-0.1, -0.05) is 23.7 Å². The second kappa shape index (κ2) is 7.78. The van der Waals surface area contributed by atoms with Crippen LogP contribution in [0.4, 0.5) is 5.69 Å². The molecule has 0 heterocycles. The maximum atomic E-state index is 12.5. The molecule has 0 aliphatic heterocycles. The Hall–Kier alpha value is -1.89. The van der Waals surface area contributed by atoms with Crippen LogP contribution in [0.2, 0.25) is 5.02 Å². The largest absolute Gasteiger partial charge is 0.325 e. The molecule has 3 rings (SSSR count). The molecule has 5 nitrogen and oxygen atoms in total. The van der Waals surface area contributed by atoms with Gasteiger partial charge in [0.05, 0.1) is 11.4 Å². The number of fused-ring (bicyclic) bond motifs is 1. The minimum Gasteiger partial charge on any atom is -0.325 e. The van der Waals surface area contributed by atoms with Crippen LogP contribution in [0.5, 0.6) is 0 Å². The first-order valence-electron chi connectivity index (χ1n) is 8.52. The van der Waals surface area contributed by atoms with Crippen molar-refractivity contribution in [3.05, 3.63) is 58.1 Å². The third-order valence-electron chi connectivity index (χ3n) is 4.53. The summed E-state index contributed by atoms with van der Waals surface area (Å²) in [6.07, 6.45) is 4.10. The fourth-order valence-corrected chi connectivity index (χ4v) is 4.25. The molecular formula is C19H21ClN2O3S. The predicted octanol–water partition coefficient (Wildman–Crippen LogP) is 3.44. The number of rotatable bonds is 5. The number of carbonyl (C=O) groups is 1. The highest BCUT2D eigenvalue weighted by atomic mass is 35.5. The molecule has 7 heteroatoms. The number of anilines is 1. The average molecular weight is 393 g/mol. The lowest BCUT2D eigenvalue weighted by Crippen LogP contribution is -2.33. The highest BCUT2D eigenvalue weighted by Crippen LogP contribution is 2.24. The molecule has 1 amide bonds. The van der Waals surface area contributed by atoms with Gasteiger partial charge in [-0.05, 0) is 73.6 Å². The van der Waals surface area contributed by atoms with Gasteiger partial charge in [0.15, 0.2) is 0 Å². The highest BCUT2D eigenvalue weighted by molar-refractivity contribution is 7.89. The summed E-state index contributed by atoms with van der Waals surface area (Å²) in [6, 6.07) is 10.3. The maximum absolute atomic E-state index is 12.5. The van der Waals surface area contributed by atoms with Gasteiger partial charge in [0.1, 0.15) is 0 Å².